The smallest absolute Gasteiger partial charge is 0.410 e. The zero-order valence-corrected chi connectivity index (χ0v) is 18.2. The minimum absolute atomic E-state index is 0.180. The Hall–Kier alpha value is -2.77. The van der Waals surface area contributed by atoms with Crippen LogP contribution in [-0.4, -0.2) is 54.4 Å². The minimum atomic E-state index is -0.919. The van der Waals surface area contributed by atoms with E-state index in [1.54, 1.807) is 25.7 Å². The van der Waals surface area contributed by atoms with Crippen LogP contribution in [0.1, 0.15) is 52.0 Å². The molecular formula is C22H32N2O6. The van der Waals surface area contributed by atoms with Crippen molar-refractivity contribution in [1.82, 2.24) is 10.2 Å². The number of piperidine rings is 1. The molecule has 1 fully saturated rings. The predicted molar refractivity (Wildman–Crippen MR) is 111 cm³/mol. The highest BCUT2D eigenvalue weighted by atomic mass is 16.6. The van der Waals surface area contributed by atoms with E-state index < -0.39 is 29.8 Å². The highest BCUT2D eigenvalue weighted by molar-refractivity contribution is 5.81. The molecule has 1 heterocycles. The molecule has 0 aliphatic carbocycles. The third-order valence-electron chi connectivity index (χ3n) is 4.75. The molecule has 1 N–H and O–H groups in total. The first-order chi connectivity index (χ1) is 14.2. The van der Waals surface area contributed by atoms with Gasteiger partial charge in [0.25, 0.3) is 0 Å². The van der Waals surface area contributed by atoms with Crippen molar-refractivity contribution in [3.05, 3.63) is 35.9 Å². The Morgan fingerprint density at radius 2 is 1.87 bits per heavy atom. The molecule has 2 amide bonds. The molecule has 2 unspecified atom stereocenters. The number of nitrogens with zero attached hydrogens (tertiary/aromatic N) is 1. The van der Waals surface area contributed by atoms with E-state index in [2.05, 4.69) is 5.32 Å². The van der Waals surface area contributed by atoms with Gasteiger partial charge in [-0.25, -0.2) is 14.4 Å². The zero-order valence-electron chi connectivity index (χ0n) is 18.2. The second-order valence-corrected chi connectivity index (χ2v) is 8.34. The lowest BCUT2D eigenvalue weighted by atomic mass is 9.96. The largest absolute Gasteiger partial charge is 0.467 e. The van der Waals surface area contributed by atoms with E-state index in [9.17, 15) is 14.4 Å². The summed E-state index contributed by atoms with van der Waals surface area (Å²) in [6.45, 7) is 5.94. The lowest BCUT2D eigenvalue weighted by Crippen LogP contribution is -2.51. The number of alkyl carbamates (subject to hydrolysis) is 1. The Kier molecular flexibility index (Phi) is 8.50. The molecule has 0 radical (unpaired) electrons. The minimum Gasteiger partial charge on any atom is -0.467 e. The number of carbonyl (C=O) groups is 3. The van der Waals surface area contributed by atoms with Crippen LogP contribution < -0.4 is 5.32 Å². The van der Waals surface area contributed by atoms with Gasteiger partial charge in [-0.05, 0) is 52.0 Å². The van der Waals surface area contributed by atoms with Gasteiger partial charge in [-0.15, -0.1) is 0 Å². The summed E-state index contributed by atoms with van der Waals surface area (Å²) in [4.78, 5) is 38.7. The van der Waals surface area contributed by atoms with Crippen molar-refractivity contribution in [2.75, 3.05) is 13.7 Å². The van der Waals surface area contributed by atoms with Crippen LogP contribution in [0.3, 0.4) is 0 Å². The molecule has 8 nitrogen and oxygen atoms in total. The first-order valence-electron chi connectivity index (χ1n) is 10.2. The molecule has 1 aliphatic heterocycles. The fourth-order valence-electron chi connectivity index (χ4n) is 3.37. The molecule has 0 bridgehead atoms. The molecular weight excluding hydrogens is 388 g/mol. The van der Waals surface area contributed by atoms with E-state index >= 15 is 0 Å². The van der Waals surface area contributed by atoms with Gasteiger partial charge in [0, 0.05) is 12.6 Å². The molecule has 166 valence electrons. The van der Waals surface area contributed by atoms with Gasteiger partial charge >= 0.3 is 18.2 Å². The quantitative estimate of drug-likeness (QED) is 0.558. The average Bonchev–Trinajstić information content (AvgIpc) is 2.70. The van der Waals surface area contributed by atoms with E-state index in [-0.39, 0.29) is 19.1 Å². The van der Waals surface area contributed by atoms with Gasteiger partial charge in [0.05, 0.1) is 7.11 Å². The Balaban J connectivity index is 2.01. The number of esters is 1. The van der Waals surface area contributed by atoms with Gasteiger partial charge in [0.1, 0.15) is 18.2 Å². The Morgan fingerprint density at radius 3 is 2.50 bits per heavy atom. The molecule has 1 saturated heterocycles. The van der Waals surface area contributed by atoms with Crippen molar-refractivity contribution in [2.24, 2.45) is 0 Å². The summed E-state index contributed by atoms with van der Waals surface area (Å²) in [6.07, 6.45) is 1.60. The number of ether oxygens (including phenoxy) is 3. The van der Waals surface area contributed by atoms with Crippen LogP contribution >= 0.6 is 0 Å². The summed E-state index contributed by atoms with van der Waals surface area (Å²) in [5, 5.41) is 2.57. The number of amides is 2. The highest BCUT2D eigenvalue weighted by Crippen LogP contribution is 2.23. The van der Waals surface area contributed by atoms with Crippen LogP contribution in [0.5, 0.6) is 0 Å². The van der Waals surface area contributed by atoms with E-state index in [1.807, 2.05) is 30.3 Å². The molecule has 2 rings (SSSR count). The maximum Gasteiger partial charge on any atom is 0.410 e. The van der Waals surface area contributed by atoms with Gasteiger partial charge in [-0.2, -0.15) is 0 Å². The van der Waals surface area contributed by atoms with Crippen LogP contribution in [-0.2, 0) is 25.6 Å². The summed E-state index contributed by atoms with van der Waals surface area (Å²) in [5.41, 5.74) is 0.210. The van der Waals surface area contributed by atoms with Crippen molar-refractivity contribution >= 4 is 18.2 Å². The Labute approximate surface area is 177 Å². The van der Waals surface area contributed by atoms with Gasteiger partial charge in [0.15, 0.2) is 0 Å². The number of hydrogen-bond donors (Lipinski definition) is 1. The normalized spacial score (nSPS) is 17.6. The van der Waals surface area contributed by atoms with Crippen molar-refractivity contribution in [1.29, 1.82) is 0 Å². The SMILES string of the molecule is COC(=O)C(CC1CCCCN1C(=O)OCc1ccccc1)NC(=O)OC(C)(C)C. The molecule has 1 aliphatic rings. The van der Waals surface area contributed by atoms with Crippen LogP contribution in [0.25, 0.3) is 0 Å². The number of hydrogen-bond acceptors (Lipinski definition) is 6. The third-order valence-corrected chi connectivity index (χ3v) is 4.75. The summed E-state index contributed by atoms with van der Waals surface area (Å²) in [5.74, 6) is -0.580. The molecule has 1 aromatic carbocycles. The molecule has 2 atom stereocenters. The van der Waals surface area contributed by atoms with E-state index in [4.69, 9.17) is 14.2 Å². The summed E-state index contributed by atoms with van der Waals surface area (Å²) >= 11 is 0. The average molecular weight is 421 g/mol. The summed E-state index contributed by atoms with van der Waals surface area (Å²) in [6, 6.07) is 8.28. The predicted octanol–water partition coefficient (Wildman–Crippen LogP) is 3.63. The van der Waals surface area contributed by atoms with Gasteiger partial charge < -0.3 is 24.4 Å². The number of carbonyl (C=O) groups excluding carboxylic acids is 3. The van der Waals surface area contributed by atoms with Crippen molar-refractivity contribution in [3.63, 3.8) is 0 Å². The van der Waals surface area contributed by atoms with E-state index in [1.165, 1.54) is 7.11 Å². The Bertz CT molecular complexity index is 716. The van der Waals surface area contributed by atoms with Crippen molar-refractivity contribution < 1.29 is 28.6 Å². The first-order valence-corrected chi connectivity index (χ1v) is 10.2. The van der Waals surface area contributed by atoms with E-state index in [0.717, 1.165) is 18.4 Å². The second-order valence-electron chi connectivity index (χ2n) is 8.34. The third kappa shape index (κ3) is 7.57. The number of rotatable bonds is 6. The maximum atomic E-state index is 12.7. The molecule has 1 aromatic rings. The van der Waals surface area contributed by atoms with Crippen molar-refractivity contribution in [2.45, 2.75) is 70.7 Å². The van der Waals surface area contributed by atoms with Gasteiger partial charge in [0.2, 0.25) is 0 Å². The lowest BCUT2D eigenvalue weighted by molar-refractivity contribution is -0.143. The van der Waals surface area contributed by atoms with Gasteiger partial charge in [-0.3, -0.25) is 0 Å². The lowest BCUT2D eigenvalue weighted by Gasteiger charge is -2.36. The van der Waals surface area contributed by atoms with Crippen molar-refractivity contribution in [3.8, 4) is 0 Å². The number of methoxy groups -OCH3 is 1. The zero-order chi connectivity index (χ0) is 22.1. The molecule has 8 heteroatoms. The maximum absolute atomic E-state index is 12.7. The second kappa shape index (κ2) is 10.8. The van der Waals surface area contributed by atoms with Gasteiger partial charge in [-0.1, -0.05) is 30.3 Å². The molecule has 0 aromatic heterocycles. The summed E-state index contributed by atoms with van der Waals surface area (Å²) in [7, 11) is 1.26. The molecule has 30 heavy (non-hydrogen) atoms. The highest BCUT2D eigenvalue weighted by Gasteiger charge is 2.34. The van der Waals surface area contributed by atoms with Crippen LogP contribution in [0.15, 0.2) is 30.3 Å². The van der Waals surface area contributed by atoms with Crippen LogP contribution in [0.2, 0.25) is 0 Å². The number of likely N-dealkylation sites (tertiary alicyclic amines) is 1. The summed E-state index contributed by atoms with van der Waals surface area (Å²) < 4.78 is 15.6. The number of nitrogens with one attached hydrogen (secondary N) is 1. The standard InChI is InChI=1S/C22H32N2O6/c1-22(2,3)30-20(26)23-18(19(25)28-4)14-17-12-8-9-13-24(17)21(27)29-15-16-10-6-5-7-11-16/h5-7,10-11,17-18H,8-9,12-15H2,1-4H3,(H,23,26). The fraction of sp³-hybridized carbons (Fsp3) is 0.591. The Morgan fingerprint density at radius 1 is 1.17 bits per heavy atom. The van der Waals surface area contributed by atoms with E-state index in [0.29, 0.717) is 13.0 Å². The number of benzene rings is 1. The topological polar surface area (TPSA) is 94.2 Å². The molecule has 0 saturated carbocycles. The fourth-order valence-corrected chi connectivity index (χ4v) is 3.37. The monoisotopic (exact) mass is 420 g/mol. The van der Waals surface area contributed by atoms with Crippen LogP contribution in [0.4, 0.5) is 9.59 Å². The molecule has 0 spiro atoms. The van der Waals surface area contributed by atoms with Crippen LogP contribution in [0, 0.1) is 0 Å². The first kappa shape index (κ1) is 23.5.